The smallest absolute Gasteiger partial charge is 0.219 e. The predicted molar refractivity (Wildman–Crippen MR) is 65.0 cm³/mol. The minimum atomic E-state index is 0.485. The Labute approximate surface area is 99.9 Å². The van der Waals surface area contributed by atoms with Crippen molar-refractivity contribution < 1.29 is 4.74 Å². The van der Waals surface area contributed by atoms with Crippen LogP contribution in [0, 0.1) is 6.92 Å². The van der Waals surface area contributed by atoms with E-state index in [1.165, 1.54) is 0 Å². The zero-order chi connectivity index (χ0) is 11.4. The van der Waals surface area contributed by atoms with Gasteiger partial charge in [-0.1, -0.05) is 18.2 Å². The molecule has 0 N–H and O–H groups in total. The van der Waals surface area contributed by atoms with Crippen molar-refractivity contribution in [2.24, 2.45) is 0 Å². The van der Waals surface area contributed by atoms with Gasteiger partial charge in [0.15, 0.2) is 0 Å². The van der Waals surface area contributed by atoms with E-state index in [-0.39, 0.29) is 0 Å². The van der Waals surface area contributed by atoms with Crippen molar-refractivity contribution in [2.45, 2.75) is 12.8 Å². The van der Waals surface area contributed by atoms with Gasteiger partial charge >= 0.3 is 0 Å². The zero-order valence-corrected chi connectivity index (χ0v) is 9.74. The van der Waals surface area contributed by atoms with Gasteiger partial charge in [0.1, 0.15) is 5.75 Å². The van der Waals surface area contributed by atoms with E-state index >= 15 is 0 Å². The SMILES string of the molecule is Cc1cccc(Oc2cccc(CCl)c2)n1. The van der Waals surface area contributed by atoms with Gasteiger partial charge in [-0.2, -0.15) is 0 Å². The van der Waals surface area contributed by atoms with Crippen molar-refractivity contribution in [3.8, 4) is 11.6 Å². The van der Waals surface area contributed by atoms with Gasteiger partial charge in [-0.15, -0.1) is 11.6 Å². The maximum atomic E-state index is 5.76. The Morgan fingerprint density at radius 1 is 1.19 bits per heavy atom. The largest absolute Gasteiger partial charge is 0.439 e. The third-order valence-electron chi connectivity index (χ3n) is 2.14. The Balaban J connectivity index is 2.20. The Morgan fingerprint density at radius 2 is 2.00 bits per heavy atom. The maximum Gasteiger partial charge on any atom is 0.219 e. The van der Waals surface area contributed by atoms with Crippen LogP contribution in [0.3, 0.4) is 0 Å². The van der Waals surface area contributed by atoms with Gasteiger partial charge in [0.25, 0.3) is 0 Å². The molecule has 1 heterocycles. The lowest BCUT2D eigenvalue weighted by Gasteiger charge is -2.06. The number of pyridine rings is 1. The molecule has 1 aromatic heterocycles. The molecule has 0 amide bonds. The molecule has 0 fully saturated rings. The molecule has 0 bridgehead atoms. The molecule has 0 unspecified atom stereocenters. The molecule has 2 rings (SSSR count). The van der Waals surface area contributed by atoms with Crippen molar-refractivity contribution >= 4 is 11.6 Å². The molecule has 0 radical (unpaired) electrons. The van der Waals surface area contributed by atoms with Gasteiger partial charge in [-0.3, -0.25) is 0 Å². The molecule has 0 aliphatic heterocycles. The van der Waals surface area contributed by atoms with Gasteiger partial charge in [0, 0.05) is 17.6 Å². The van der Waals surface area contributed by atoms with Crippen LogP contribution in [-0.4, -0.2) is 4.98 Å². The third kappa shape index (κ3) is 2.74. The molecule has 16 heavy (non-hydrogen) atoms. The first-order valence-electron chi connectivity index (χ1n) is 5.04. The van der Waals surface area contributed by atoms with Crippen LogP contribution in [0.4, 0.5) is 0 Å². The molecule has 2 aromatic rings. The fourth-order valence-corrected chi connectivity index (χ4v) is 1.55. The Hall–Kier alpha value is -1.54. The van der Waals surface area contributed by atoms with Crippen molar-refractivity contribution in [1.29, 1.82) is 0 Å². The van der Waals surface area contributed by atoms with Gasteiger partial charge in [-0.05, 0) is 30.7 Å². The molecule has 1 aromatic carbocycles. The molecule has 0 saturated carbocycles. The first-order chi connectivity index (χ1) is 7.78. The molecule has 3 heteroatoms. The summed E-state index contributed by atoms with van der Waals surface area (Å²) in [6.07, 6.45) is 0. The third-order valence-corrected chi connectivity index (χ3v) is 2.45. The number of hydrogen-bond donors (Lipinski definition) is 0. The summed E-state index contributed by atoms with van der Waals surface area (Å²) < 4.78 is 5.63. The number of halogens is 1. The summed E-state index contributed by atoms with van der Waals surface area (Å²) in [5, 5.41) is 0. The van der Waals surface area contributed by atoms with Crippen molar-refractivity contribution in [3.05, 3.63) is 53.7 Å². The van der Waals surface area contributed by atoms with E-state index in [2.05, 4.69) is 4.98 Å². The number of rotatable bonds is 3. The topological polar surface area (TPSA) is 22.1 Å². The number of nitrogens with zero attached hydrogens (tertiary/aromatic N) is 1. The van der Waals surface area contributed by atoms with Crippen LogP contribution < -0.4 is 4.74 Å². The van der Waals surface area contributed by atoms with E-state index in [0.29, 0.717) is 11.8 Å². The number of ether oxygens (including phenoxy) is 1. The quantitative estimate of drug-likeness (QED) is 0.750. The summed E-state index contributed by atoms with van der Waals surface area (Å²) in [4.78, 5) is 4.27. The van der Waals surface area contributed by atoms with Gasteiger partial charge in [0.05, 0.1) is 0 Å². The number of aryl methyl sites for hydroxylation is 1. The van der Waals surface area contributed by atoms with E-state index in [1.54, 1.807) is 0 Å². The maximum absolute atomic E-state index is 5.76. The van der Waals surface area contributed by atoms with Crippen LogP contribution in [-0.2, 0) is 5.88 Å². The lowest BCUT2D eigenvalue weighted by Crippen LogP contribution is -1.89. The minimum absolute atomic E-state index is 0.485. The second-order valence-electron chi connectivity index (χ2n) is 3.50. The molecule has 0 saturated heterocycles. The summed E-state index contributed by atoms with van der Waals surface area (Å²) in [5.74, 6) is 1.85. The summed E-state index contributed by atoms with van der Waals surface area (Å²) in [7, 11) is 0. The Kier molecular flexibility index (Phi) is 3.42. The monoisotopic (exact) mass is 233 g/mol. The summed E-state index contributed by atoms with van der Waals surface area (Å²) in [6.45, 7) is 1.93. The number of hydrogen-bond acceptors (Lipinski definition) is 2. The van der Waals surface area contributed by atoms with Crippen molar-refractivity contribution in [3.63, 3.8) is 0 Å². The van der Waals surface area contributed by atoms with Crippen LogP contribution in [0.5, 0.6) is 11.6 Å². The lowest BCUT2D eigenvalue weighted by atomic mass is 10.2. The second-order valence-corrected chi connectivity index (χ2v) is 3.77. The number of benzene rings is 1. The second kappa shape index (κ2) is 4.99. The molecular formula is C13H12ClNO. The summed E-state index contributed by atoms with van der Waals surface area (Å²) in [6, 6.07) is 13.4. The van der Waals surface area contributed by atoms with Crippen LogP contribution in [0.2, 0.25) is 0 Å². The Bertz CT molecular complexity index is 485. The van der Waals surface area contributed by atoms with Gasteiger partial charge in [-0.25, -0.2) is 4.98 Å². The van der Waals surface area contributed by atoms with E-state index in [4.69, 9.17) is 16.3 Å². The van der Waals surface area contributed by atoms with E-state index in [1.807, 2.05) is 49.4 Å². The fourth-order valence-electron chi connectivity index (χ4n) is 1.39. The lowest BCUT2D eigenvalue weighted by molar-refractivity contribution is 0.461. The van der Waals surface area contributed by atoms with Crippen LogP contribution in [0.1, 0.15) is 11.3 Å². The van der Waals surface area contributed by atoms with E-state index < -0.39 is 0 Å². The first-order valence-corrected chi connectivity index (χ1v) is 5.58. The first kappa shape index (κ1) is 11.0. The highest BCUT2D eigenvalue weighted by Crippen LogP contribution is 2.21. The Morgan fingerprint density at radius 3 is 2.75 bits per heavy atom. The molecular weight excluding hydrogens is 222 g/mol. The highest BCUT2D eigenvalue weighted by atomic mass is 35.5. The van der Waals surface area contributed by atoms with Crippen LogP contribution in [0.25, 0.3) is 0 Å². The zero-order valence-electron chi connectivity index (χ0n) is 8.98. The molecule has 0 aliphatic carbocycles. The van der Waals surface area contributed by atoms with Crippen LogP contribution in [0.15, 0.2) is 42.5 Å². The minimum Gasteiger partial charge on any atom is -0.439 e. The number of aromatic nitrogens is 1. The standard InChI is InChI=1S/C13H12ClNO/c1-10-4-2-7-13(15-10)16-12-6-3-5-11(8-12)9-14/h2-8H,9H2,1H3. The molecule has 0 spiro atoms. The number of alkyl halides is 1. The molecule has 0 atom stereocenters. The summed E-state index contributed by atoms with van der Waals surface area (Å²) >= 11 is 5.76. The molecule has 0 aliphatic rings. The predicted octanol–water partition coefficient (Wildman–Crippen LogP) is 3.92. The van der Waals surface area contributed by atoms with E-state index in [0.717, 1.165) is 17.0 Å². The average molecular weight is 234 g/mol. The molecule has 2 nitrogen and oxygen atoms in total. The highest BCUT2D eigenvalue weighted by molar-refractivity contribution is 6.17. The fraction of sp³-hybridized carbons (Fsp3) is 0.154. The average Bonchev–Trinajstić information content (AvgIpc) is 2.29. The van der Waals surface area contributed by atoms with Gasteiger partial charge in [0.2, 0.25) is 5.88 Å². The van der Waals surface area contributed by atoms with Crippen LogP contribution >= 0.6 is 11.6 Å². The molecule has 82 valence electrons. The van der Waals surface area contributed by atoms with E-state index in [9.17, 15) is 0 Å². The van der Waals surface area contributed by atoms with Crippen molar-refractivity contribution in [1.82, 2.24) is 4.98 Å². The normalized spacial score (nSPS) is 10.1. The highest BCUT2D eigenvalue weighted by Gasteiger charge is 1.99. The van der Waals surface area contributed by atoms with Crippen molar-refractivity contribution in [2.75, 3.05) is 0 Å². The summed E-state index contributed by atoms with van der Waals surface area (Å²) in [5.41, 5.74) is 1.97. The van der Waals surface area contributed by atoms with Gasteiger partial charge < -0.3 is 4.74 Å².